The number of aromatic nitrogens is 2. The van der Waals surface area contributed by atoms with E-state index in [1.54, 1.807) is 12.4 Å². The predicted molar refractivity (Wildman–Crippen MR) is 75.7 cm³/mol. The lowest BCUT2D eigenvalue weighted by molar-refractivity contribution is -0.115. The normalized spacial score (nSPS) is 10.1. The highest BCUT2D eigenvalue weighted by Gasteiger charge is 2.04. The molecule has 0 bridgehead atoms. The van der Waals surface area contributed by atoms with Crippen LogP contribution in [0.1, 0.15) is 5.56 Å². The molecule has 0 saturated heterocycles. The zero-order valence-corrected chi connectivity index (χ0v) is 11.1. The van der Waals surface area contributed by atoms with E-state index in [0.717, 1.165) is 16.1 Å². The Bertz CT molecular complexity index is 547. The number of para-hydroxylation sites is 1. The molecule has 5 nitrogen and oxygen atoms in total. The summed E-state index contributed by atoms with van der Waals surface area (Å²) < 4.78 is 0. The maximum atomic E-state index is 10.8. The monoisotopic (exact) mass is 274 g/mol. The van der Waals surface area contributed by atoms with Crippen LogP contribution in [0.4, 0.5) is 5.69 Å². The highest BCUT2D eigenvalue weighted by molar-refractivity contribution is 8.00. The van der Waals surface area contributed by atoms with Crippen LogP contribution in [0, 0.1) is 0 Å². The van der Waals surface area contributed by atoms with Crippen molar-refractivity contribution in [1.82, 2.24) is 9.97 Å². The third-order valence-electron chi connectivity index (χ3n) is 2.35. The predicted octanol–water partition coefficient (Wildman–Crippen LogP) is 1.67. The molecule has 0 unspecified atom stereocenters. The number of carbonyl (C=O) groups excluding carboxylic acids is 1. The van der Waals surface area contributed by atoms with Gasteiger partial charge in [-0.3, -0.25) is 4.79 Å². The van der Waals surface area contributed by atoms with Gasteiger partial charge >= 0.3 is 0 Å². The van der Waals surface area contributed by atoms with E-state index in [9.17, 15) is 4.79 Å². The molecule has 1 amide bonds. The van der Waals surface area contributed by atoms with E-state index in [-0.39, 0.29) is 11.7 Å². The van der Waals surface area contributed by atoms with Gasteiger partial charge in [-0.2, -0.15) is 0 Å². The van der Waals surface area contributed by atoms with Crippen molar-refractivity contribution < 1.29 is 4.79 Å². The number of rotatable bonds is 6. The number of hydrogen-bond donors (Lipinski definition) is 2. The first-order valence-electron chi connectivity index (χ1n) is 5.73. The molecular formula is C13H14N4OS. The zero-order chi connectivity index (χ0) is 13.5. The largest absolute Gasteiger partial charge is 0.380 e. The first-order valence-corrected chi connectivity index (χ1v) is 6.72. The summed E-state index contributed by atoms with van der Waals surface area (Å²) in [5, 5.41) is 3.30. The SMILES string of the molecule is NC(=O)CSc1ccccc1NCc1cncnc1. The summed E-state index contributed by atoms with van der Waals surface area (Å²) >= 11 is 1.42. The van der Waals surface area contributed by atoms with Gasteiger partial charge in [-0.05, 0) is 12.1 Å². The number of thioether (sulfide) groups is 1. The van der Waals surface area contributed by atoms with Crippen LogP contribution < -0.4 is 11.1 Å². The third kappa shape index (κ3) is 4.26. The van der Waals surface area contributed by atoms with Crippen LogP contribution in [0.15, 0.2) is 47.9 Å². The number of amides is 1. The Labute approximate surface area is 115 Å². The summed E-state index contributed by atoms with van der Waals surface area (Å²) in [5.41, 5.74) is 7.13. The molecule has 2 rings (SSSR count). The fourth-order valence-electron chi connectivity index (χ4n) is 1.51. The van der Waals surface area contributed by atoms with Crippen molar-refractivity contribution in [3.63, 3.8) is 0 Å². The Morgan fingerprint density at radius 3 is 2.74 bits per heavy atom. The Kier molecular flexibility index (Phi) is 4.74. The number of benzene rings is 1. The highest BCUT2D eigenvalue weighted by Crippen LogP contribution is 2.26. The van der Waals surface area contributed by atoms with Gasteiger partial charge in [0.1, 0.15) is 6.33 Å². The van der Waals surface area contributed by atoms with Gasteiger partial charge in [0.2, 0.25) is 5.91 Å². The van der Waals surface area contributed by atoms with Gasteiger partial charge in [0.15, 0.2) is 0 Å². The van der Waals surface area contributed by atoms with Gasteiger partial charge in [-0.1, -0.05) is 12.1 Å². The number of nitrogens with two attached hydrogens (primary N) is 1. The molecule has 1 aromatic heterocycles. The van der Waals surface area contributed by atoms with E-state index >= 15 is 0 Å². The minimum absolute atomic E-state index is 0.271. The molecule has 0 fully saturated rings. The first kappa shape index (κ1) is 13.4. The summed E-state index contributed by atoms with van der Waals surface area (Å²) in [5.74, 6) is -0.0519. The molecule has 19 heavy (non-hydrogen) atoms. The van der Waals surface area contributed by atoms with Crippen LogP contribution in [0.25, 0.3) is 0 Å². The Morgan fingerprint density at radius 2 is 2.00 bits per heavy atom. The summed E-state index contributed by atoms with van der Waals surface area (Å²) in [6.07, 6.45) is 5.03. The van der Waals surface area contributed by atoms with Crippen LogP contribution in [-0.2, 0) is 11.3 Å². The average molecular weight is 274 g/mol. The summed E-state index contributed by atoms with van der Waals surface area (Å²) in [6, 6.07) is 7.79. The van der Waals surface area contributed by atoms with Gasteiger partial charge in [0, 0.05) is 35.1 Å². The number of anilines is 1. The molecule has 0 aliphatic rings. The van der Waals surface area contributed by atoms with Crippen molar-refractivity contribution in [3.8, 4) is 0 Å². The van der Waals surface area contributed by atoms with E-state index < -0.39 is 0 Å². The van der Waals surface area contributed by atoms with Crippen molar-refractivity contribution in [2.45, 2.75) is 11.4 Å². The average Bonchev–Trinajstić information content (AvgIpc) is 2.45. The zero-order valence-electron chi connectivity index (χ0n) is 10.2. The number of nitrogens with zero attached hydrogens (tertiary/aromatic N) is 2. The summed E-state index contributed by atoms with van der Waals surface area (Å²) in [6.45, 7) is 0.634. The van der Waals surface area contributed by atoms with Crippen molar-refractivity contribution in [1.29, 1.82) is 0 Å². The fourth-order valence-corrected chi connectivity index (χ4v) is 2.27. The fraction of sp³-hybridized carbons (Fsp3) is 0.154. The highest BCUT2D eigenvalue weighted by atomic mass is 32.2. The van der Waals surface area contributed by atoms with Crippen LogP contribution in [0.2, 0.25) is 0 Å². The van der Waals surface area contributed by atoms with E-state index in [0.29, 0.717) is 6.54 Å². The molecule has 0 aliphatic heterocycles. The van der Waals surface area contributed by atoms with Gasteiger partial charge in [-0.15, -0.1) is 11.8 Å². The minimum atomic E-state index is -0.323. The smallest absolute Gasteiger partial charge is 0.227 e. The van der Waals surface area contributed by atoms with Crippen molar-refractivity contribution in [2.75, 3.05) is 11.1 Å². The first-order chi connectivity index (χ1) is 9.25. The molecule has 2 aromatic rings. The van der Waals surface area contributed by atoms with Crippen LogP contribution in [-0.4, -0.2) is 21.6 Å². The standard InChI is InChI=1S/C13H14N4OS/c14-13(18)8-19-12-4-2-1-3-11(12)17-7-10-5-15-9-16-6-10/h1-6,9,17H,7-8H2,(H2,14,18). The molecule has 6 heteroatoms. The van der Waals surface area contributed by atoms with E-state index in [1.807, 2.05) is 24.3 Å². The van der Waals surface area contributed by atoms with Gasteiger partial charge in [-0.25, -0.2) is 9.97 Å². The number of nitrogens with one attached hydrogen (secondary N) is 1. The van der Waals surface area contributed by atoms with Gasteiger partial charge < -0.3 is 11.1 Å². The topological polar surface area (TPSA) is 80.9 Å². The molecule has 0 spiro atoms. The molecule has 98 valence electrons. The maximum absolute atomic E-state index is 10.8. The van der Waals surface area contributed by atoms with Crippen LogP contribution in [0.3, 0.4) is 0 Å². The number of hydrogen-bond acceptors (Lipinski definition) is 5. The molecule has 0 aliphatic carbocycles. The van der Waals surface area contributed by atoms with Gasteiger partial charge in [0.25, 0.3) is 0 Å². The molecular weight excluding hydrogens is 260 g/mol. The minimum Gasteiger partial charge on any atom is -0.380 e. The van der Waals surface area contributed by atoms with E-state index in [2.05, 4.69) is 15.3 Å². The second-order valence-corrected chi connectivity index (χ2v) is 4.87. The molecule has 3 N–H and O–H groups in total. The Morgan fingerprint density at radius 1 is 1.26 bits per heavy atom. The van der Waals surface area contributed by atoms with E-state index in [4.69, 9.17) is 5.73 Å². The summed E-state index contributed by atoms with van der Waals surface area (Å²) in [4.78, 5) is 19.7. The Balaban J connectivity index is 2.01. The second-order valence-electron chi connectivity index (χ2n) is 3.85. The summed E-state index contributed by atoms with van der Waals surface area (Å²) in [7, 11) is 0. The van der Waals surface area contributed by atoms with Crippen molar-refractivity contribution in [3.05, 3.63) is 48.5 Å². The number of primary amides is 1. The molecule has 1 heterocycles. The maximum Gasteiger partial charge on any atom is 0.227 e. The molecule has 0 radical (unpaired) electrons. The molecule has 0 saturated carbocycles. The number of carbonyl (C=O) groups is 1. The third-order valence-corrected chi connectivity index (χ3v) is 3.45. The quantitative estimate of drug-likeness (QED) is 0.783. The molecule has 1 aromatic carbocycles. The second kappa shape index (κ2) is 6.75. The lowest BCUT2D eigenvalue weighted by atomic mass is 10.3. The Hall–Kier alpha value is -2.08. The lowest BCUT2D eigenvalue weighted by Gasteiger charge is -2.10. The van der Waals surface area contributed by atoms with Crippen molar-refractivity contribution >= 4 is 23.4 Å². The van der Waals surface area contributed by atoms with Crippen LogP contribution >= 0.6 is 11.8 Å². The lowest BCUT2D eigenvalue weighted by Crippen LogP contribution is -2.13. The van der Waals surface area contributed by atoms with Crippen LogP contribution in [0.5, 0.6) is 0 Å². The van der Waals surface area contributed by atoms with E-state index in [1.165, 1.54) is 18.1 Å². The van der Waals surface area contributed by atoms with Gasteiger partial charge in [0.05, 0.1) is 5.75 Å². The van der Waals surface area contributed by atoms with Crippen molar-refractivity contribution in [2.24, 2.45) is 5.73 Å². The molecule has 0 atom stereocenters.